The number of halogens is 1. The summed E-state index contributed by atoms with van der Waals surface area (Å²) in [5.41, 5.74) is 0. The van der Waals surface area contributed by atoms with E-state index in [-0.39, 0.29) is 24.1 Å². The van der Waals surface area contributed by atoms with Gasteiger partial charge in [0.25, 0.3) is 5.88 Å². The molecule has 0 spiro atoms. The van der Waals surface area contributed by atoms with Crippen molar-refractivity contribution in [3.8, 4) is 5.88 Å². The van der Waals surface area contributed by atoms with Gasteiger partial charge in [0.2, 0.25) is 0 Å². The Kier molecular flexibility index (Phi) is 4.01. The second-order valence-corrected chi connectivity index (χ2v) is 5.98. The lowest BCUT2D eigenvalue weighted by molar-refractivity contribution is -0.0939. The third-order valence-electron chi connectivity index (χ3n) is 4.58. The Morgan fingerprint density at radius 2 is 2.26 bits per heavy atom. The highest BCUT2D eigenvalue weighted by atomic mass is 19.1. The van der Waals surface area contributed by atoms with Gasteiger partial charge in [-0.05, 0) is 37.1 Å². The van der Waals surface area contributed by atoms with Gasteiger partial charge in [-0.1, -0.05) is 0 Å². The monoisotopic (exact) mass is 318 g/mol. The van der Waals surface area contributed by atoms with Gasteiger partial charge >= 0.3 is 0 Å². The summed E-state index contributed by atoms with van der Waals surface area (Å²) in [5, 5.41) is 0. The number of aromatic nitrogens is 1. The highest BCUT2D eigenvalue weighted by Crippen LogP contribution is 2.33. The normalized spacial score (nSPS) is 27.8. The Balaban J connectivity index is 1.46. The number of ether oxygens (including phenoxy) is 2. The molecule has 4 rings (SSSR count). The predicted octanol–water partition coefficient (Wildman–Crippen LogP) is 2.62. The van der Waals surface area contributed by atoms with Gasteiger partial charge in [-0.15, -0.1) is 0 Å². The lowest BCUT2D eigenvalue weighted by Crippen LogP contribution is -2.51. The first kappa shape index (κ1) is 14.7. The lowest BCUT2D eigenvalue weighted by atomic mass is 10.1. The summed E-state index contributed by atoms with van der Waals surface area (Å²) in [6.45, 7) is 2.28. The molecule has 6 heteroatoms. The minimum Gasteiger partial charge on any atom is -0.469 e. The Morgan fingerprint density at radius 3 is 3.09 bits per heavy atom. The molecular weight excluding hydrogens is 299 g/mol. The third-order valence-corrected chi connectivity index (χ3v) is 4.58. The molecule has 2 aromatic rings. The Labute approximate surface area is 134 Å². The number of rotatable bonds is 4. The maximum absolute atomic E-state index is 13.7. The van der Waals surface area contributed by atoms with E-state index in [9.17, 15) is 4.39 Å². The van der Waals surface area contributed by atoms with Crippen molar-refractivity contribution >= 4 is 0 Å². The van der Waals surface area contributed by atoms with Crippen molar-refractivity contribution < 1.29 is 18.3 Å². The summed E-state index contributed by atoms with van der Waals surface area (Å²) in [7, 11) is 0. The van der Waals surface area contributed by atoms with Crippen LogP contribution in [0, 0.1) is 5.82 Å². The molecule has 0 unspecified atom stereocenters. The van der Waals surface area contributed by atoms with Crippen LogP contribution in [0.2, 0.25) is 0 Å². The average Bonchev–Trinajstić information content (AvgIpc) is 3.20. The van der Waals surface area contributed by atoms with E-state index < -0.39 is 5.82 Å². The Bertz CT molecular complexity index is 649. The maximum Gasteiger partial charge on any atom is 0.250 e. The fraction of sp³-hybridized carbons (Fsp3) is 0.471. The fourth-order valence-corrected chi connectivity index (χ4v) is 3.52. The first-order chi connectivity index (χ1) is 11.3. The maximum atomic E-state index is 13.7. The van der Waals surface area contributed by atoms with Gasteiger partial charge in [0.15, 0.2) is 5.82 Å². The van der Waals surface area contributed by atoms with Gasteiger partial charge in [0.05, 0.1) is 19.4 Å². The molecule has 1 saturated heterocycles. The van der Waals surface area contributed by atoms with Crippen LogP contribution in [0.25, 0.3) is 0 Å². The number of nitrogens with zero attached hydrogens (tertiary/aromatic N) is 2. The van der Waals surface area contributed by atoms with Crippen molar-refractivity contribution in [2.45, 2.75) is 37.6 Å². The standard InChI is InChI=1S/C17H19FN2O3/c18-13-4-1-7-19-17(13)23-15-6-5-14-16(15)22-10-8-20(14)11-12-3-2-9-21-12/h1-4,7,9,14-16H,5-6,8,10-11H2/t14-,15-,16+/m0/s1. The fourth-order valence-electron chi connectivity index (χ4n) is 3.52. The first-order valence-corrected chi connectivity index (χ1v) is 7.96. The molecule has 3 atom stereocenters. The van der Waals surface area contributed by atoms with Crippen LogP contribution in [0.3, 0.4) is 0 Å². The third kappa shape index (κ3) is 2.96. The quantitative estimate of drug-likeness (QED) is 0.867. The number of furan rings is 1. The van der Waals surface area contributed by atoms with E-state index in [1.165, 1.54) is 12.3 Å². The molecule has 0 aromatic carbocycles. The molecule has 1 saturated carbocycles. The summed E-state index contributed by atoms with van der Waals surface area (Å²) in [6, 6.07) is 7.07. The summed E-state index contributed by atoms with van der Waals surface area (Å²) in [5.74, 6) is 0.579. The van der Waals surface area contributed by atoms with E-state index in [0.29, 0.717) is 6.61 Å². The van der Waals surface area contributed by atoms with Crippen LogP contribution in [0.5, 0.6) is 5.88 Å². The highest BCUT2D eigenvalue weighted by Gasteiger charge is 2.44. The van der Waals surface area contributed by atoms with Gasteiger partial charge in [0, 0.05) is 18.8 Å². The zero-order valence-electron chi connectivity index (χ0n) is 12.7. The average molecular weight is 318 g/mol. The van der Waals surface area contributed by atoms with Crippen molar-refractivity contribution in [2.24, 2.45) is 0 Å². The van der Waals surface area contributed by atoms with Gasteiger partial charge in [-0.3, -0.25) is 4.90 Å². The number of hydrogen-bond donors (Lipinski definition) is 0. The van der Waals surface area contributed by atoms with Crippen LogP contribution < -0.4 is 4.74 Å². The molecule has 0 bridgehead atoms. The van der Waals surface area contributed by atoms with Gasteiger partial charge < -0.3 is 13.9 Å². The van der Waals surface area contributed by atoms with Crippen LogP contribution >= 0.6 is 0 Å². The van der Waals surface area contributed by atoms with Crippen LogP contribution in [0.15, 0.2) is 41.1 Å². The van der Waals surface area contributed by atoms with E-state index in [4.69, 9.17) is 13.9 Å². The molecular formula is C17H19FN2O3. The van der Waals surface area contributed by atoms with E-state index in [0.717, 1.165) is 31.7 Å². The SMILES string of the molecule is Fc1cccnc1O[C@H]1CC[C@H]2[C@H]1OCCN2Cc1ccco1. The molecule has 0 amide bonds. The van der Waals surface area contributed by atoms with Crippen molar-refractivity contribution in [1.29, 1.82) is 0 Å². The summed E-state index contributed by atoms with van der Waals surface area (Å²) in [4.78, 5) is 6.34. The minimum atomic E-state index is -0.431. The first-order valence-electron chi connectivity index (χ1n) is 7.96. The van der Waals surface area contributed by atoms with Crippen LogP contribution in [0.4, 0.5) is 4.39 Å². The molecule has 1 aliphatic carbocycles. The Morgan fingerprint density at radius 1 is 1.30 bits per heavy atom. The van der Waals surface area contributed by atoms with E-state index in [2.05, 4.69) is 9.88 Å². The topological polar surface area (TPSA) is 47.7 Å². The van der Waals surface area contributed by atoms with Crippen LogP contribution in [-0.4, -0.2) is 41.3 Å². The molecule has 2 fully saturated rings. The van der Waals surface area contributed by atoms with Gasteiger partial charge in [-0.2, -0.15) is 0 Å². The molecule has 0 radical (unpaired) electrons. The molecule has 1 aliphatic heterocycles. The zero-order chi connectivity index (χ0) is 15.6. The zero-order valence-corrected chi connectivity index (χ0v) is 12.7. The molecule has 2 aliphatic rings. The summed E-state index contributed by atoms with van der Waals surface area (Å²) < 4.78 is 30.9. The molecule has 3 heterocycles. The minimum absolute atomic E-state index is 0.0554. The smallest absolute Gasteiger partial charge is 0.250 e. The molecule has 2 aromatic heterocycles. The second kappa shape index (κ2) is 6.29. The molecule has 122 valence electrons. The molecule has 23 heavy (non-hydrogen) atoms. The second-order valence-electron chi connectivity index (χ2n) is 5.98. The van der Waals surface area contributed by atoms with E-state index >= 15 is 0 Å². The van der Waals surface area contributed by atoms with Crippen molar-refractivity contribution in [3.63, 3.8) is 0 Å². The van der Waals surface area contributed by atoms with Crippen molar-refractivity contribution in [3.05, 3.63) is 48.3 Å². The summed E-state index contributed by atoms with van der Waals surface area (Å²) >= 11 is 0. The van der Waals surface area contributed by atoms with Crippen LogP contribution in [0.1, 0.15) is 18.6 Å². The van der Waals surface area contributed by atoms with Crippen LogP contribution in [-0.2, 0) is 11.3 Å². The van der Waals surface area contributed by atoms with Crippen molar-refractivity contribution in [1.82, 2.24) is 9.88 Å². The van der Waals surface area contributed by atoms with Gasteiger partial charge in [-0.25, -0.2) is 9.37 Å². The van der Waals surface area contributed by atoms with E-state index in [1.54, 1.807) is 12.3 Å². The largest absolute Gasteiger partial charge is 0.469 e. The number of fused-ring (bicyclic) bond motifs is 1. The van der Waals surface area contributed by atoms with E-state index in [1.807, 2.05) is 12.1 Å². The Hall–Kier alpha value is -1.92. The molecule has 0 N–H and O–H groups in total. The molecule has 5 nitrogen and oxygen atoms in total. The predicted molar refractivity (Wildman–Crippen MR) is 80.5 cm³/mol. The van der Waals surface area contributed by atoms with Gasteiger partial charge in [0.1, 0.15) is 18.0 Å². The number of hydrogen-bond acceptors (Lipinski definition) is 5. The number of pyridine rings is 1. The summed E-state index contributed by atoms with van der Waals surface area (Å²) in [6.07, 6.45) is 4.81. The lowest BCUT2D eigenvalue weighted by Gasteiger charge is -2.38. The number of morpholine rings is 1. The highest BCUT2D eigenvalue weighted by molar-refractivity contribution is 5.14. The van der Waals surface area contributed by atoms with Crippen molar-refractivity contribution in [2.75, 3.05) is 13.2 Å².